The number of fused-ring (bicyclic) bond motifs is 10. The van der Waals surface area contributed by atoms with Gasteiger partial charge in [0, 0.05) is 26.1 Å². The zero-order chi connectivity index (χ0) is 44.1. The molecule has 8 heteroatoms. The summed E-state index contributed by atoms with van der Waals surface area (Å²) in [6, 6.07) is 0. The van der Waals surface area contributed by atoms with Crippen molar-refractivity contribution in [1.29, 1.82) is 0 Å². The number of rotatable bonds is 8. The summed E-state index contributed by atoms with van der Waals surface area (Å²) in [5.41, 5.74) is 1.28. The van der Waals surface area contributed by atoms with Crippen LogP contribution in [0.5, 0.6) is 0 Å². The van der Waals surface area contributed by atoms with Crippen molar-refractivity contribution < 1.29 is 29.9 Å². The molecule has 4 N–H and O–H groups in total. The average molecular weight is 932 g/mol. The third-order valence-electron chi connectivity index (χ3n) is 23.1. The number of hydrogen-bond acceptors (Lipinski definition) is 6. The Morgan fingerprint density at radius 2 is 1.06 bits per heavy atom. The summed E-state index contributed by atoms with van der Waals surface area (Å²) in [4.78, 5) is 0. The summed E-state index contributed by atoms with van der Waals surface area (Å²) < 4.78 is 11.0. The molecule has 0 bridgehead atoms. The molecule has 64 heavy (non-hydrogen) atoms. The van der Waals surface area contributed by atoms with Gasteiger partial charge in [-0.05, 0) is 235 Å². The van der Waals surface area contributed by atoms with Crippen LogP contribution in [0.3, 0.4) is 0 Å². The maximum absolute atomic E-state index is 10.8. The summed E-state index contributed by atoms with van der Waals surface area (Å²) in [7, 11) is 0. The third kappa shape index (κ3) is 9.31. The molecule has 9 fully saturated rings. The zero-order valence-corrected chi connectivity index (χ0v) is 44.1. The van der Waals surface area contributed by atoms with E-state index >= 15 is 0 Å². The van der Waals surface area contributed by atoms with Crippen LogP contribution in [-0.2, 0) is 9.47 Å². The van der Waals surface area contributed by atoms with Gasteiger partial charge in [-0.25, -0.2) is 0 Å². The Labute approximate surface area is 405 Å². The van der Waals surface area contributed by atoms with Crippen LogP contribution in [-0.4, -0.2) is 69.3 Å². The van der Waals surface area contributed by atoms with Crippen molar-refractivity contribution in [2.45, 2.75) is 225 Å². The highest BCUT2D eigenvalue weighted by Crippen LogP contribution is 2.70. The number of aliphatic hydroxyl groups is 4. The van der Waals surface area contributed by atoms with Crippen LogP contribution in [0.15, 0.2) is 11.6 Å². The van der Waals surface area contributed by atoms with E-state index in [9.17, 15) is 20.4 Å². The summed E-state index contributed by atoms with van der Waals surface area (Å²) >= 11 is 0. The maximum Gasteiger partial charge on any atom is 0.0902 e. The topological polar surface area (TPSA) is 99.4 Å². The van der Waals surface area contributed by atoms with Crippen LogP contribution < -0.4 is 0 Å². The number of hydrogen-bond donors (Lipinski definition) is 4. The first-order valence-electron chi connectivity index (χ1n) is 26.9. The highest BCUT2D eigenvalue weighted by molar-refractivity contribution is 7.59. The van der Waals surface area contributed by atoms with Gasteiger partial charge < -0.3 is 29.9 Å². The van der Waals surface area contributed by atoms with Crippen molar-refractivity contribution in [2.24, 2.45) is 86.8 Å². The van der Waals surface area contributed by atoms with E-state index in [0.717, 1.165) is 137 Å². The van der Waals surface area contributed by atoms with E-state index in [4.69, 9.17) is 9.47 Å². The largest absolute Gasteiger partial charge is 0.390 e. The Hall–Kier alpha value is 0.200. The quantitative estimate of drug-likeness (QED) is 0.181. The first-order valence-corrected chi connectivity index (χ1v) is 26.9. The molecule has 370 valence electrons. The highest BCUT2D eigenvalue weighted by Gasteiger charge is 2.62. The van der Waals surface area contributed by atoms with Crippen LogP contribution in [0.2, 0.25) is 0 Å². The van der Waals surface area contributed by atoms with Gasteiger partial charge in [-0.15, -0.1) is 0 Å². The normalized spacial score (nSPS) is 52.4. The second-order valence-corrected chi connectivity index (χ2v) is 26.8. The van der Waals surface area contributed by atoms with Gasteiger partial charge in [-0.1, -0.05) is 53.2 Å². The molecule has 0 radical (unpaired) electrons. The predicted octanol–water partition coefficient (Wildman–Crippen LogP) is 12.1. The monoisotopic (exact) mass is 931 g/mol. The molecule has 10 aliphatic rings. The van der Waals surface area contributed by atoms with Crippen LogP contribution in [0.25, 0.3) is 0 Å². The molecule has 0 aromatic heterocycles. The standard InChI is InChI=1S/C28H48O3.C28H46O3.2H2S/c2*1-19(9-12-28(30)15-16-31-18-28)22-7-8-23-21-6-5-20-17-25(2,29)13-14-26(20,3)24(21)10-11-27(22,23)4;;/h19-24,29-30H,5-18H2,1-4H3;5,19,21-24,29-30H,6-18H2,1-4H3;2*1H2/t19-,20+,21+,22-,23+,24+,25+,26+,27-,28+;19-,21+,22-,23+,24+,25+,26+,27-,28+;;/m11../s1. The molecule has 2 heterocycles. The predicted molar refractivity (Wildman–Crippen MR) is 270 cm³/mol. The number of ether oxygens (including phenoxy) is 2. The molecule has 0 aromatic rings. The lowest BCUT2D eigenvalue weighted by atomic mass is 9.43. The Kier molecular flexibility index (Phi) is 15.2. The summed E-state index contributed by atoms with van der Waals surface area (Å²) in [5, 5.41) is 43.0. The molecule has 6 nitrogen and oxygen atoms in total. The summed E-state index contributed by atoms with van der Waals surface area (Å²) in [6.07, 6.45) is 29.7. The Bertz CT molecular complexity index is 1640. The Balaban J connectivity index is 0.000000186. The lowest BCUT2D eigenvalue weighted by molar-refractivity contribution is -0.148. The van der Waals surface area contributed by atoms with E-state index in [-0.39, 0.29) is 27.0 Å². The molecule has 8 aliphatic carbocycles. The second-order valence-electron chi connectivity index (χ2n) is 26.8. The molecule has 7 saturated carbocycles. The van der Waals surface area contributed by atoms with Crippen molar-refractivity contribution >= 4 is 27.0 Å². The van der Waals surface area contributed by atoms with Gasteiger partial charge in [-0.3, -0.25) is 0 Å². The van der Waals surface area contributed by atoms with Crippen LogP contribution in [0.4, 0.5) is 0 Å². The second kappa shape index (κ2) is 18.7. The molecule has 0 aromatic carbocycles. The number of allylic oxidation sites excluding steroid dienone is 1. The average Bonchev–Trinajstić information content (AvgIpc) is 4.02. The van der Waals surface area contributed by atoms with Crippen LogP contribution >= 0.6 is 27.0 Å². The van der Waals surface area contributed by atoms with Crippen LogP contribution in [0, 0.1) is 86.8 Å². The fraction of sp³-hybridized carbons (Fsp3) is 0.964. The minimum absolute atomic E-state index is 0. The Morgan fingerprint density at radius 3 is 1.61 bits per heavy atom. The van der Waals surface area contributed by atoms with Crippen molar-refractivity contribution in [3.63, 3.8) is 0 Å². The lowest BCUT2D eigenvalue weighted by Gasteiger charge is -2.62. The molecular weight excluding hydrogens is 833 g/mol. The van der Waals surface area contributed by atoms with Crippen molar-refractivity contribution in [3.8, 4) is 0 Å². The molecule has 19 atom stereocenters. The van der Waals surface area contributed by atoms with Gasteiger partial charge >= 0.3 is 0 Å². The zero-order valence-electron chi connectivity index (χ0n) is 42.1. The Morgan fingerprint density at radius 1 is 0.547 bits per heavy atom. The molecule has 10 rings (SSSR count). The molecule has 2 aliphatic heterocycles. The highest BCUT2D eigenvalue weighted by atomic mass is 32.1. The smallest absolute Gasteiger partial charge is 0.0902 e. The minimum atomic E-state index is -0.563. The minimum Gasteiger partial charge on any atom is -0.390 e. The lowest BCUT2D eigenvalue weighted by Crippen LogP contribution is -2.55. The first-order chi connectivity index (χ1) is 29.1. The molecule has 2 saturated heterocycles. The molecule has 0 amide bonds. The van der Waals surface area contributed by atoms with E-state index in [1.807, 2.05) is 6.92 Å². The van der Waals surface area contributed by atoms with Gasteiger partial charge in [-0.2, -0.15) is 27.0 Å². The maximum atomic E-state index is 10.8. The van der Waals surface area contributed by atoms with E-state index in [1.54, 1.807) is 5.57 Å². The van der Waals surface area contributed by atoms with Gasteiger partial charge in [0.2, 0.25) is 0 Å². The van der Waals surface area contributed by atoms with Crippen molar-refractivity contribution in [2.75, 3.05) is 26.4 Å². The van der Waals surface area contributed by atoms with Gasteiger partial charge in [0.25, 0.3) is 0 Å². The molecule has 0 unspecified atom stereocenters. The third-order valence-corrected chi connectivity index (χ3v) is 23.1. The van der Waals surface area contributed by atoms with E-state index in [1.165, 1.54) is 77.0 Å². The molecule has 0 spiro atoms. The fourth-order valence-corrected chi connectivity index (χ4v) is 19.2. The summed E-state index contributed by atoms with van der Waals surface area (Å²) in [6.45, 7) is 22.0. The van der Waals surface area contributed by atoms with Gasteiger partial charge in [0.1, 0.15) is 0 Å². The molecular formula is C56H98O6S2. The SMILES string of the molecule is C[C@H](CC[C@]1(O)CCOC1)[C@H]1CC[C@H]2[C@@H]3CC=C4C[C@@](C)(O)CC[C@]4(C)[C@H]3CC[C@]12C.C[C@H](CC[C@]1(O)CCOC1)[C@H]1CC[C@H]2[C@@H]3CC[C@H]4C[C@@](C)(O)CC[C@]4(C)[C@H]3CC[C@]12C.S.S. The fourth-order valence-electron chi connectivity index (χ4n) is 19.2. The first kappa shape index (κ1) is 52.0. The van der Waals surface area contributed by atoms with E-state index in [0.29, 0.717) is 46.7 Å². The van der Waals surface area contributed by atoms with Gasteiger partial charge in [0.15, 0.2) is 0 Å². The van der Waals surface area contributed by atoms with Crippen molar-refractivity contribution in [1.82, 2.24) is 0 Å². The van der Waals surface area contributed by atoms with E-state index in [2.05, 4.69) is 54.5 Å². The van der Waals surface area contributed by atoms with E-state index < -0.39 is 22.4 Å². The van der Waals surface area contributed by atoms with Crippen molar-refractivity contribution in [3.05, 3.63) is 11.6 Å². The van der Waals surface area contributed by atoms with Crippen LogP contribution in [0.1, 0.15) is 203 Å². The summed E-state index contributed by atoms with van der Waals surface area (Å²) in [5.74, 6) is 8.93. The van der Waals surface area contributed by atoms with Gasteiger partial charge in [0.05, 0.1) is 35.6 Å².